The molecule has 0 fully saturated rings. The van der Waals surface area contributed by atoms with Crippen LogP contribution in [0.5, 0.6) is 0 Å². The largest absolute Gasteiger partial charge is 0.370 e. The van der Waals surface area contributed by atoms with Gasteiger partial charge in [0.05, 0.1) is 16.3 Å². The summed E-state index contributed by atoms with van der Waals surface area (Å²) in [5, 5.41) is 13.1. The molecular weight excluding hydrogens is 374 g/mol. The molecule has 3 aromatic rings. The van der Waals surface area contributed by atoms with Gasteiger partial charge in [-0.05, 0) is 37.1 Å². The Morgan fingerprint density at radius 1 is 1.11 bits per heavy atom. The van der Waals surface area contributed by atoms with Gasteiger partial charge in [-0.1, -0.05) is 30.3 Å². The highest BCUT2D eigenvalue weighted by Crippen LogP contribution is 2.23. The fourth-order valence-electron chi connectivity index (χ4n) is 2.76. The monoisotopic (exact) mass is 395 g/mol. The number of carbonyl (C=O) groups excluding carboxylic acids is 2. The summed E-state index contributed by atoms with van der Waals surface area (Å²) in [6.45, 7) is 0.445. The van der Waals surface area contributed by atoms with E-state index in [4.69, 9.17) is 11.1 Å². The van der Waals surface area contributed by atoms with Gasteiger partial charge in [0.25, 0.3) is 5.91 Å². The summed E-state index contributed by atoms with van der Waals surface area (Å²) >= 11 is 1.32. The molecule has 0 radical (unpaired) electrons. The molecule has 0 aliphatic carbocycles. The lowest BCUT2D eigenvalue weighted by molar-refractivity contribution is 0.0851. The minimum absolute atomic E-state index is 0.123. The Kier molecular flexibility index (Phi) is 6.33. The van der Waals surface area contributed by atoms with Gasteiger partial charge in [-0.25, -0.2) is 4.98 Å². The van der Waals surface area contributed by atoms with Crippen LogP contribution in [0.3, 0.4) is 0 Å². The molecule has 0 aliphatic heterocycles. The maximum Gasteiger partial charge on any atom is 0.251 e. The van der Waals surface area contributed by atoms with Gasteiger partial charge in [-0.2, -0.15) is 0 Å². The standard InChI is InChI=1S/C20H21N5O2S/c21-20(22)23-12-6-10-15(24-18(27)13-7-2-1-3-8-13)17(26)19-25-14-9-4-5-11-16(14)28-19/h1-5,7-9,11,15H,6,10,12H2,(H,24,27)(H4,21,22,23)/t15-/m0/s1. The third-order valence-corrected chi connectivity index (χ3v) is 5.20. The van der Waals surface area contributed by atoms with Crippen molar-refractivity contribution in [1.29, 1.82) is 5.41 Å². The normalized spacial score (nSPS) is 11.7. The maximum absolute atomic E-state index is 13.1. The molecule has 1 amide bonds. The number of ketones is 1. The Labute approximate surface area is 166 Å². The molecule has 0 saturated carbocycles. The van der Waals surface area contributed by atoms with Crippen molar-refractivity contribution in [2.45, 2.75) is 18.9 Å². The van der Waals surface area contributed by atoms with Gasteiger partial charge in [0, 0.05) is 12.1 Å². The van der Waals surface area contributed by atoms with Crippen LogP contribution in [0.25, 0.3) is 10.2 Å². The van der Waals surface area contributed by atoms with Gasteiger partial charge in [0.1, 0.15) is 0 Å². The Hall–Kier alpha value is -3.26. The highest BCUT2D eigenvalue weighted by atomic mass is 32.1. The number of amides is 1. The summed E-state index contributed by atoms with van der Waals surface area (Å²) < 4.78 is 0.928. The molecule has 1 atom stereocenters. The topological polar surface area (TPSA) is 121 Å². The predicted octanol–water partition coefficient (Wildman–Crippen LogP) is 2.54. The van der Waals surface area contributed by atoms with Crippen LogP contribution >= 0.6 is 11.3 Å². The smallest absolute Gasteiger partial charge is 0.251 e. The first-order chi connectivity index (χ1) is 13.5. The minimum atomic E-state index is -0.706. The summed E-state index contributed by atoms with van der Waals surface area (Å²) in [7, 11) is 0. The van der Waals surface area contributed by atoms with Gasteiger partial charge in [0.15, 0.2) is 11.0 Å². The van der Waals surface area contributed by atoms with Gasteiger partial charge in [0.2, 0.25) is 5.78 Å². The highest BCUT2D eigenvalue weighted by Gasteiger charge is 2.25. The lowest BCUT2D eigenvalue weighted by atomic mass is 10.1. The van der Waals surface area contributed by atoms with E-state index in [1.807, 2.05) is 30.3 Å². The van der Waals surface area contributed by atoms with Crippen LogP contribution in [0.4, 0.5) is 0 Å². The fourth-order valence-corrected chi connectivity index (χ4v) is 3.72. The highest BCUT2D eigenvalue weighted by molar-refractivity contribution is 7.20. The number of rotatable bonds is 8. The Balaban J connectivity index is 1.76. The van der Waals surface area contributed by atoms with Crippen molar-refractivity contribution in [3.8, 4) is 0 Å². The van der Waals surface area contributed by atoms with Crippen molar-refractivity contribution in [2.24, 2.45) is 5.73 Å². The van der Waals surface area contributed by atoms with E-state index in [2.05, 4.69) is 15.6 Å². The van der Waals surface area contributed by atoms with Crippen molar-refractivity contribution < 1.29 is 9.59 Å². The first-order valence-electron chi connectivity index (χ1n) is 8.88. The molecule has 0 bridgehead atoms. The number of benzene rings is 2. The molecule has 3 rings (SSSR count). The maximum atomic E-state index is 13.1. The van der Waals surface area contributed by atoms with Crippen molar-refractivity contribution in [1.82, 2.24) is 15.6 Å². The van der Waals surface area contributed by atoms with E-state index in [0.717, 1.165) is 10.2 Å². The van der Waals surface area contributed by atoms with Crippen LogP contribution in [0.1, 0.15) is 33.0 Å². The number of hydrogen-bond acceptors (Lipinski definition) is 5. The Morgan fingerprint density at radius 3 is 2.54 bits per heavy atom. The van der Waals surface area contributed by atoms with E-state index in [1.165, 1.54) is 11.3 Å². The first-order valence-corrected chi connectivity index (χ1v) is 9.70. The van der Waals surface area contributed by atoms with Crippen molar-refractivity contribution in [3.63, 3.8) is 0 Å². The summed E-state index contributed by atoms with van der Waals surface area (Å²) in [4.78, 5) is 30.0. The summed E-state index contributed by atoms with van der Waals surface area (Å²) in [6.07, 6.45) is 0.976. The molecular formula is C20H21N5O2S. The molecule has 0 spiro atoms. The lowest BCUT2D eigenvalue weighted by Gasteiger charge is -2.17. The number of nitrogens with one attached hydrogen (secondary N) is 3. The summed E-state index contributed by atoms with van der Waals surface area (Å²) in [5.41, 5.74) is 6.55. The Bertz CT molecular complexity index is 953. The zero-order valence-corrected chi connectivity index (χ0v) is 16.0. The van der Waals surface area contributed by atoms with E-state index in [1.54, 1.807) is 24.3 Å². The Morgan fingerprint density at radius 2 is 1.82 bits per heavy atom. The lowest BCUT2D eigenvalue weighted by Crippen LogP contribution is -2.41. The number of hydrogen-bond donors (Lipinski definition) is 4. The zero-order valence-electron chi connectivity index (χ0n) is 15.1. The number of nitrogens with zero attached hydrogens (tertiary/aromatic N) is 1. The predicted molar refractivity (Wildman–Crippen MR) is 111 cm³/mol. The van der Waals surface area contributed by atoms with Crippen LogP contribution in [0.15, 0.2) is 54.6 Å². The summed E-state index contributed by atoms with van der Waals surface area (Å²) in [6, 6.07) is 15.6. The SMILES string of the molecule is N=C(N)NCCC[C@H](NC(=O)c1ccccc1)C(=O)c1nc2ccccc2s1. The number of aromatic nitrogens is 1. The minimum Gasteiger partial charge on any atom is -0.370 e. The van der Waals surface area contributed by atoms with Gasteiger partial charge in [-0.3, -0.25) is 15.0 Å². The third kappa shape index (κ3) is 4.92. The van der Waals surface area contributed by atoms with E-state index in [9.17, 15) is 9.59 Å². The van der Waals surface area contributed by atoms with Gasteiger partial charge >= 0.3 is 0 Å². The average Bonchev–Trinajstić information content (AvgIpc) is 3.14. The quantitative estimate of drug-likeness (QED) is 0.202. The molecule has 1 aromatic heterocycles. The van der Waals surface area contributed by atoms with Gasteiger partial charge < -0.3 is 16.4 Å². The molecule has 2 aromatic carbocycles. The molecule has 0 saturated heterocycles. The van der Waals surface area contributed by atoms with E-state index in [-0.39, 0.29) is 17.6 Å². The number of nitrogens with two attached hydrogens (primary N) is 1. The number of guanidine groups is 1. The van der Waals surface area contributed by atoms with E-state index < -0.39 is 6.04 Å². The molecule has 1 heterocycles. The number of Topliss-reactive ketones (excluding diaryl/α,β-unsaturated/α-hetero) is 1. The molecule has 0 aliphatic rings. The number of thiazole rings is 1. The van der Waals surface area contributed by atoms with Crippen LogP contribution < -0.4 is 16.4 Å². The molecule has 144 valence electrons. The molecule has 28 heavy (non-hydrogen) atoms. The molecule has 5 N–H and O–H groups in total. The average molecular weight is 395 g/mol. The first kappa shape index (κ1) is 19.5. The van der Waals surface area contributed by atoms with Crippen LogP contribution in [0.2, 0.25) is 0 Å². The van der Waals surface area contributed by atoms with Crippen LogP contribution in [-0.2, 0) is 0 Å². The van der Waals surface area contributed by atoms with E-state index >= 15 is 0 Å². The number of para-hydroxylation sites is 1. The third-order valence-electron chi connectivity index (χ3n) is 4.15. The second kappa shape index (κ2) is 9.09. The van der Waals surface area contributed by atoms with Crippen LogP contribution in [-0.4, -0.2) is 35.2 Å². The molecule has 7 nitrogen and oxygen atoms in total. The second-order valence-electron chi connectivity index (χ2n) is 6.23. The van der Waals surface area contributed by atoms with E-state index in [0.29, 0.717) is 30.0 Å². The van der Waals surface area contributed by atoms with Crippen molar-refractivity contribution in [2.75, 3.05) is 6.54 Å². The number of fused-ring (bicyclic) bond motifs is 1. The molecule has 8 heteroatoms. The van der Waals surface area contributed by atoms with Gasteiger partial charge in [-0.15, -0.1) is 11.3 Å². The number of carbonyl (C=O) groups is 2. The summed E-state index contributed by atoms with van der Waals surface area (Å²) in [5.74, 6) is -0.643. The van der Waals surface area contributed by atoms with Crippen molar-refractivity contribution >= 4 is 39.2 Å². The second-order valence-corrected chi connectivity index (χ2v) is 7.26. The fraction of sp³-hybridized carbons (Fsp3) is 0.200. The van der Waals surface area contributed by atoms with Crippen molar-refractivity contribution in [3.05, 3.63) is 65.2 Å². The molecule has 0 unspecified atom stereocenters. The zero-order chi connectivity index (χ0) is 19.9. The van der Waals surface area contributed by atoms with Crippen LogP contribution in [0, 0.1) is 5.41 Å².